The molecular formula is C27H25N3O7. The summed E-state index contributed by atoms with van der Waals surface area (Å²) in [5.74, 6) is -4.16. The zero-order chi connectivity index (χ0) is 25.9. The molecule has 0 aromatic heterocycles. The smallest absolute Gasteiger partial charge is 0.330 e. The van der Waals surface area contributed by atoms with Gasteiger partial charge >= 0.3 is 11.9 Å². The van der Waals surface area contributed by atoms with Gasteiger partial charge in [-0.3, -0.25) is 29.5 Å². The maximum atomic E-state index is 14.3. The molecule has 3 atom stereocenters. The Bertz CT molecular complexity index is 1330. The predicted octanol–water partition coefficient (Wildman–Crippen LogP) is 3.79. The monoisotopic (exact) mass is 503 g/mol. The molecule has 1 aliphatic carbocycles. The van der Waals surface area contributed by atoms with Gasteiger partial charge < -0.3 is 9.47 Å². The van der Waals surface area contributed by atoms with E-state index in [1.165, 1.54) is 36.2 Å². The number of nitro benzene ring substituents is 1. The van der Waals surface area contributed by atoms with Crippen LogP contribution in [0.25, 0.3) is 0 Å². The van der Waals surface area contributed by atoms with Crippen molar-refractivity contribution < 1.29 is 28.8 Å². The number of benzene rings is 2. The molecule has 0 bridgehead atoms. The number of hydrogen-bond donors (Lipinski definition) is 0. The second-order valence-corrected chi connectivity index (χ2v) is 10.2. The summed E-state index contributed by atoms with van der Waals surface area (Å²) in [5, 5.41) is 17.4. The highest BCUT2D eigenvalue weighted by Gasteiger charge is 2.75. The topological polar surface area (TPSA) is 128 Å². The van der Waals surface area contributed by atoms with Crippen LogP contribution in [0.1, 0.15) is 67.7 Å². The summed E-state index contributed by atoms with van der Waals surface area (Å²) in [7, 11) is 0. The zero-order valence-corrected chi connectivity index (χ0v) is 20.2. The molecule has 10 heteroatoms. The maximum Gasteiger partial charge on any atom is 0.330 e. The van der Waals surface area contributed by atoms with Gasteiger partial charge in [-0.05, 0) is 36.5 Å². The number of carbonyl (C=O) groups excluding carboxylic acids is 3. The minimum Gasteiger partial charge on any atom is -0.422 e. The number of Topliss-reactive ketones (excluding diaryl/α,β-unsaturated/α-hetero) is 1. The minimum absolute atomic E-state index is 0.147. The van der Waals surface area contributed by atoms with Crippen LogP contribution in [-0.4, -0.2) is 45.7 Å². The molecule has 0 amide bonds. The first kappa shape index (κ1) is 23.3. The Labute approximate surface area is 212 Å². The molecule has 4 aliphatic rings. The van der Waals surface area contributed by atoms with E-state index < -0.39 is 46.1 Å². The van der Waals surface area contributed by atoms with Crippen molar-refractivity contribution in [3.63, 3.8) is 0 Å². The fraction of sp³-hybridized carbons (Fsp3) is 0.407. The van der Waals surface area contributed by atoms with Crippen molar-refractivity contribution >= 4 is 29.6 Å². The van der Waals surface area contributed by atoms with Crippen LogP contribution in [0.2, 0.25) is 0 Å². The molecule has 190 valence electrons. The molecule has 10 nitrogen and oxygen atoms in total. The van der Waals surface area contributed by atoms with Gasteiger partial charge in [-0.1, -0.05) is 42.8 Å². The molecule has 2 aromatic rings. The molecular weight excluding hydrogens is 478 g/mol. The van der Waals surface area contributed by atoms with Crippen LogP contribution in [0.5, 0.6) is 0 Å². The number of fused-ring (bicyclic) bond motifs is 4. The lowest BCUT2D eigenvalue weighted by atomic mass is 9.65. The Kier molecular flexibility index (Phi) is 5.18. The molecule has 2 spiro atoms. The van der Waals surface area contributed by atoms with Gasteiger partial charge in [0.15, 0.2) is 5.78 Å². The third-order valence-corrected chi connectivity index (χ3v) is 8.14. The molecule has 1 saturated carbocycles. The van der Waals surface area contributed by atoms with Crippen molar-refractivity contribution in [2.24, 2.45) is 10.5 Å². The van der Waals surface area contributed by atoms with Crippen LogP contribution < -0.4 is 0 Å². The Morgan fingerprint density at radius 3 is 2.30 bits per heavy atom. The second-order valence-electron chi connectivity index (χ2n) is 10.2. The lowest BCUT2D eigenvalue weighted by Gasteiger charge is -2.47. The van der Waals surface area contributed by atoms with E-state index in [4.69, 9.17) is 9.47 Å². The average molecular weight is 504 g/mol. The Morgan fingerprint density at radius 1 is 1.03 bits per heavy atom. The molecule has 6 rings (SSSR count). The summed E-state index contributed by atoms with van der Waals surface area (Å²) >= 11 is 0. The number of ketones is 1. The summed E-state index contributed by atoms with van der Waals surface area (Å²) in [6.07, 6.45) is 4.92. The van der Waals surface area contributed by atoms with Crippen molar-refractivity contribution in [1.82, 2.24) is 5.01 Å². The van der Waals surface area contributed by atoms with E-state index in [0.29, 0.717) is 29.5 Å². The number of nitro groups is 1. The number of carbonyl (C=O) groups is 3. The van der Waals surface area contributed by atoms with Crippen LogP contribution in [0.4, 0.5) is 5.69 Å². The molecule has 3 heterocycles. The van der Waals surface area contributed by atoms with E-state index in [1.807, 2.05) is 12.1 Å². The third kappa shape index (κ3) is 3.24. The normalized spacial score (nSPS) is 26.8. The molecule has 0 radical (unpaired) electrons. The predicted molar refractivity (Wildman–Crippen MR) is 129 cm³/mol. The first-order valence-electron chi connectivity index (χ1n) is 12.4. The van der Waals surface area contributed by atoms with Crippen LogP contribution in [0, 0.1) is 15.5 Å². The summed E-state index contributed by atoms with van der Waals surface area (Å²) in [6.45, 7) is 1.39. The molecule has 2 aromatic carbocycles. The van der Waals surface area contributed by atoms with Crippen molar-refractivity contribution in [2.45, 2.75) is 62.8 Å². The summed E-state index contributed by atoms with van der Waals surface area (Å²) in [6, 6.07) is 10.9. The maximum absolute atomic E-state index is 14.3. The minimum atomic E-state index is -1.94. The first-order chi connectivity index (χ1) is 17.8. The van der Waals surface area contributed by atoms with Crippen molar-refractivity contribution in [1.29, 1.82) is 0 Å². The quantitative estimate of drug-likeness (QED) is 0.268. The van der Waals surface area contributed by atoms with E-state index in [-0.39, 0.29) is 11.5 Å². The lowest BCUT2D eigenvalue weighted by molar-refractivity contribution is -0.384. The number of esters is 2. The zero-order valence-electron chi connectivity index (χ0n) is 20.2. The van der Waals surface area contributed by atoms with Crippen LogP contribution in [0.3, 0.4) is 0 Å². The van der Waals surface area contributed by atoms with Gasteiger partial charge in [0.1, 0.15) is 12.1 Å². The summed E-state index contributed by atoms with van der Waals surface area (Å²) in [4.78, 5) is 52.5. The van der Waals surface area contributed by atoms with E-state index in [1.54, 1.807) is 18.3 Å². The van der Waals surface area contributed by atoms with Crippen molar-refractivity contribution in [3.8, 4) is 0 Å². The molecule has 3 fully saturated rings. The van der Waals surface area contributed by atoms with E-state index >= 15 is 0 Å². The standard InChI is InChI=1S/C27H25N3O7/c1-16(31)22-21(17-9-11-19(12-10-17)30(34)35)27(23-20-8-4-3-7-18(20)15-28-29(22)23)24(32)36-26(37-25(27)33)13-5-2-6-14-26/h3-4,7-12,15,21-23H,2,5-6,13-14H2,1H3/t21-,22+,23-/m1/s1. The highest BCUT2D eigenvalue weighted by Crippen LogP contribution is 2.63. The largest absolute Gasteiger partial charge is 0.422 e. The van der Waals surface area contributed by atoms with Gasteiger partial charge in [0.25, 0.3) is 11.5 Å². The Morgan fingerprint density at radius 2 is 1.68 bits per heavy atom. The highest BCUT2D eigenvalue weighted by atomic mass is 16.7. The Hall–Kier alpha value is -4.08. The molecule has 0 unspecified atom stereocenters. The number of hydrogen-bond acceptors (Lipinski definition) is 9. The van der Waals surface area contributed by atoms with Crippen molar-refractivity contribution in [2.75, 3.05) is 0 Å². The van der Waals surface area contributed by atoms with Gasteiger partial charge in [0, 0.05) is 30.9 Å². The summed E-state index contributed by atoms with van der Waals surface area (Å²) < 4.78 is 12.1. The second kappa shape index (κ2) is 8.22. The van der Waals surface area contributed by atoms with Crippen LogP contribution in [0.15, 0.2) is 53.6 Å². The van der Waals surface area contributed by atoms with E-state index in [2.05, 4.69) is 5.10 Å². The fourth-order valence-corrected chi connectivity index (χ4v) is 6.53. The third-order valence-electron chi connectivity index (χ3n) is 8.14. The Balaban J connectivity index is 1.58. The average Bonchev–Trinajstić information content (AvgIpc) is 3.21. The molecule has 0 N–H and O–H groups in total. The van der Waals surface area contributed by atoms with Gasteiger partial charge in [-0.15, -0.1) is 0 Å². The van der Waals surface area contributed by atoms with Crippen LogP contribution >= 0.6 is 0 Å². The number of ether oxygens (including phenoxy) is 2. The van der Waals surface area contributed by atoms with E-state index in [0.717, 1.165) is 19.3 Å². The molecule has 37 heavy (non-hydrogen) atoms. The highest BCUT2D eigenvalue weighted by molar-refractivity contribution is 6.07. The SMILES string of the molecule is CC(=O)[C@H]1[C@@H](c2ccc([N+](=O)[O-])cc2)C2(C(=O)OC3(CCCCC3)OC2=O)[C@H]2c3ccccc3C=NN12. The van der Waals surface area contributed by atoms with Crippen LogP contribution in [-0.2, 0) is 23.9 Å². The lowest BCUT2D eigenvalue weighted by Crippen LogP contribution is -2.60. The van der Waals surface area contributed by atoms with Crippen molar-refractivity contribution in [3.05, 3.63) is 75.3 Å². The van der Waals surface area contributed by atoms with Gasteiger partial charge in [0.2, 0.25) is 5.41 Å². The fourth-order valence-electron chi connectivity index (χ4n) is 6.53. The van der Waals surface area contributed by atoms with Gasteiger partial charge in [-0.2, -0.15) is 5.10 Å². The summed E-state index contributed by atoms with van der Waals surface area (Å²) in [5.41, 5.74) is -0.300. The molecule has 3 aliphatic heterocycles. The van der Waals surface area contributed by atoms with Gasteiger partial charge in [-0.25, -0.2) is 0 Å². The number of nitrogens with zero attached hydrogens (tertiary/aromatic N) is 3. The van der Waals surface area contributed by atoms with Gasteiger partial charge in [0.05, 0.1) is 11.1 Å². The number of hydrazone groups is 1. The number of non-ortho nitro benzene ring substituents is 1. The number of rotatable bonds is 3. The first-order valence-corrected chi connectivity index (χ1v) is 12.4. The van der Waals surface area contributed by atoms with E-state index in [9.17, 15) is 24.5 Å². The molecule has 2 saturated heterocycles.